The average Bonchev–Trinajstić information content (AvgIpc) is 2.68. The van der Waals surface area contributed by atoms with Crippen LogP contribution in [-0.2, 0) is 4.79 Å². The Kier molecular flexibility index (Phi) is 5.74. The summed E-state index contributed by atoms with van der Waals surface area (Å²) in [7, 11) is 0. The monoisotopic (exact) mass is 344 g/mol. The Morgan fingerprint density at radius 1 is 1.12 bits per heavy atom. The van der Waals surface area contributed by atoms with E-state index in [0.29, 0.717) is 25.2 Å². The van der Waals surface area contributed by atoms with Crippen LogP contribution in [0.4, 0.5) is 0 Å². The molecular formula is C20H28N2O3. The molecule has 0 spiro atoms. The maximum absolute atomic E-state index is 13.0. The zero-order valence-electron chi connectivity index (χ0n) is 14.9. The van der Waals surface area contributed by atoms with Crippen LogP contribution in [0.2, 0.25) is 0 Å². The molecule has 3 unspecified atom stereocenters. The minimum Gasteiger partial charge on any atom is -0.396 e. The van der Waals surface area contributed by atoms with Crippen molar-refractivity contribution in [2.24, 2.45) is 11.8 Å². The smallest absolute Gasteiger partial charge is 0.253 e. The summed E-state index contributed by atoms with van der Waals surface area (Å²) in [6.45, 7) is 4.08. The van der Waals surface area contributed by atoms with Crippen LogP contribution in [-0.4, -0.2) is 59.0 Å². The molecule has 0 bridgehead atoms. The molecule has 25 heavy (non-hydrogen) atoms. The molecule has 5 heteroatoms. The topological polar surface area (TPSA) is 60.9 Å². The van der Waals surface area contributed by atoms with Crippen LogP contribution in [0, 0.1) is 11.8 Å². The Balaban J connectivity index is 1.66. The first-order valence-electron chi connectivity index (χ1n) is 9.35. The van der Waals surface area contributed by atoms with E-state index in [9.17, 15) is 14.7 Å². The molecular weight excluding hydrogens is 316 g/mol. The molecule has 2 amide bonds. The molecule has 1 N–H and O–H groups in total. The molecule has 136 valence electrons. The van der Waals surface area contributed by atoms with Gasteiger partial charge in [-0.25, -0.2) is 0 Å². The van der Waals surface area contributed by atoms with Crippen molar-refractivity contribution in [1.82, 2.24) is 9.80 Å². The van der Waals surface area contributed by atoms with Gasteiger partial charge in [0.2, 0.25) is 5.91 Å². The first-order chi connectivity index (χ1) is 12.1. The number of nitrogens with zero attached hydrogens (tertiary/aromatic N) is 2. The van der Waals surface area contributed by atoms with Crippen molar-refractivity contribution >= 4 is 11.8 Å². The predicted molar refractivity (Wildman–Crippen MR) is 96.1 cm³/mol. The number of likely N-dealkylation sites (tertiary alicyclic amines) is 2. The maximum Gasteiger partial charge on any atom is 0.253 e. The van der Waals surface area contributed by atoms with Gasteiger partial charge >= 0.3 is 0 Å². The fourth-order valence-electron chi connectivity index (χ4n) is 4.00. The number of aliphatic hydroxyl groups excluding tert-OH is 1. The van der Waals surface area contributed by atoms with E-state index >= 15 is 0 Å². The lowest BCUT2D eigenvalue weighted by molar-refractivity contribution is -0.141. The molecule has 2 fully saturated rings. The lowest BCUT2D eigenvalue weighted by Gasteiger charge is -2.41. The van der Waals surface area contributed by atoms with Gasteiger partial charge in [-0.05, 0) is 50.7 Å². The zero-order chi connectivity index (χ0) is 17.8. The third-order valence-electron chi connectivity index (χ3n) is 5.60. The third-order valence-corrected chi connectivity index (χ3v) is 5.60. The molecule has 2 saturated heterocycles. The third kappa shape index (κ3) is 4.03. The average molecular weight is 344 g/mol. The second-order valence-electron chi connectivity index (χ2n) is 7.42. The van der Waals surface area contributed by atoms with Crippen LogP contribution in [0.15, 0.2) is 30.3 Å². The molecule has 2 aliphatic rings. The molecule has 2 aliphatic heterocycles. The van der Waals surface area contributed by atoms with Gasteiger partial charge in [-0.2, -0.15) is 0 Å². The highest BCUT2D eigenvalue weighted by Gasteiger charge is 2.35. The quantitative estimate of drug-likeness (QED) is 0.914. The summed E-state index contributed by atoms with van der Waals surface area (Å²) in [6.07, 6.45) is 3.62. The van der Waals surface area contributed by atoms with Gasteiger partial charge < -0.3 is 14.9 Å². The van der Waals surface area contributed by atoms with E-state index in [0.717, 1.165) is 25.7 Å². The fourth-order valence-corrected chi connectivity index (χ4v) is 4.00. The van der Waals surface area contributed by atoms with Crippen molar-refractivity contribution in [1.29, 1.82) is 0 Å². The van der Waals surface area contributed by atoms with Crippen molar-refractivity contribution < 1.29 is 14.7 Å². The number of rotatable bonds is 3. The lowest BCUT2D eigenvalue weighted by Crippen LogP contribution is -2.52. The van der Waals surface area contributed by atoms with Crippen LogP contribution < -0.4 is 0 Å². The van der Waals surface area contributed by atoms with Gasteiger partial charge in [0.25, 0.3) is 5.91 Å². The highest BCUT2D eigenvalue weighted by atomic mass is 16.3. The summed E-state index contributed by atoms with van der Waals surface area (Å²) in [4.78, 5) is 29.5. The number of carbonyl (C=O) groups is 2. The summed E-state index contributed by atoms with van der Waals surface area (Å²) >= 11 is 0. The first-order valence-corrected chi connectivity index (χ1v) is 9.35. The van der Waals surface area contributed by atoms with Crippen molar-refractivity contribution in [3.63, 3.8) is 0 Å². The molecule has 0 aliphatic carbocycles. The summed E-state index contributed by atoms with van der Waals surface area (Å²) in [5.41, 5.74) is 0.683. The first kappa shape index (κ1) is 17.9. The van der Waals surface area contributed by atoms with Gasteiger partial charge in [0.05, 0.1) is 5.92 Å². The molecule has 0 saturated carbocycles. The molecule has 5 nitrogen and oxygen atoms in total. The summed E-state index contributed by atoms with van der Waals surface area (Å²) in [5, 5.41) is 9.44. The zero-order valence-corrected chi connectivity index (χ0v) is 14.9. The Bertz CT molecular complexity index is 604. The molecule has 2 heterocycles. The molecule has 3 rings (SSSR count). The highest BCUT2D eigenvalue weighted by Crippen LogP contribution is 2.27. The van der Waals surface area contributed by atoms with Crippen LogP contribution in [0.5, 0.6) is 0 Å². The summed E-state index contributed by atoms with van der Waals surface area (Å²) in [5.74, 6) is 0.223. The summed E-state index contributed by atoms with van der Waals surface area (Å²) < 4.78 is 0. The van der Waals surface area contributed by atoms with Crippen molar-refractivity contribution in [2.45, 2.75) is 38.6 Å². The number of carbonyl (C=O) groups excluding carboxylic acids is 2. The van der Waals surface area contributed by atoms with Gasteiger partial charge in [-0.3, -0.25) is 9.59 Å². The second-order valence-corrected chi connectivity index (χ2v) is 7.42. The molecule has 0 radical (unpaired) electrons. The minimum absolute atomic E-state index is 0.0121. The van der Waals surface area contributed by atoms with E-state index in [1.54, 1.807) is 0 Å². The maximum atomic E-state index is 13.0. The second kappa shape index (κ2) is 8.00. The van der Waals surface area contributed by atoms with E-state index < -0.39 is 0 Å². The lowest BCUT2D eigenvalue weighted by atomic mass is 9.90. The van der Waals surface area contributed by atoms with Crippen LogP contribution in [0.1, 0.15) is 43.0 Å². The normalized spacial score (nSPS) is 27.2. The van der Waals surface area contributed by atoms with Gasteiger partial charge in [0, 0.05) is 37.8 Å². The number of aliphatic hydroxyl groups is 1. The number of amides is 2. The van der Waals surface area contributed by atoms with Crippen LogP contribution in [0.25, 0.3) is 0 Å². The Hall–Kier alpha value is -1.88. The highest BCUT2D eigenvalue weighted by molar-refractivity contribution is 5.94. The van der Waals surface area contributed by atoms with Gasteiger partial charge in [0.15, 0.2) is 0 Å². The largest absolute Gasteiger partial charge is 0.396 e. The van der Waals surface area contributed by atoms with Gasteiger partial charge in [-0.1, -0.05) is 18.2 Å². The van der Waals surface area contributed by atoms with Gasteiger partial charge in [-0.15, -0.1) is 0 Å². The Labute approximate surface area is 149 Å². The van der Waals surface area contributed by atoms with E-state index in [-0.39, 0.29) is 36.3 Å². The SMILES string of the molecule is CC1CCC(CO)CN1C(=O)C1CCCN(C(=O)c2ccccc2)C1. The van der Waals surface area contributed by atoms with E-state index in [2.05, 4.69) is 6.92 Å². The fraction of sp³-hybridized carbons (Fsp3) is 0.600. The van der Waals surface area contributed by atoms with Crippen molar-refractivity contribution in [2.75, 3.05) is 26.2 Å². The Morgan fingerprint density at radius 2 is 1.88 bits per heavy atom. The standard InChI is InChI=1S/C20H28N2O3/c1-15-9-10-16(14-23)12-22(15)20(25)18-8-5-11-21(13-18)19(24)17-6-3-2-4-7-17/h2-4,6-7,15-16,18,23H,5,8-14H2,1H3. The minimum atomic E-state index is -0.124. The molecule has 1 aromatic carbocycles. The predicted octanol–water partition coefficient (Wildman–Crippen LogP) is 2.16. The van der Waals surface area contributed by atoms with Gasteiger partial charge in [0.1, 0.15) is 0 Å². The number of piperidine rings is 2. The van der Waals surface area contributed by atoms with Crippen molar-refractivity contribution in [3.8, 4) is 0 Å². The van der Waals surface area contributed by atoms with E-state index in [1.807, 2.05) is 40.1 Å². The number of benzene rings is 1. The molecule has 1 aromatic rings. The Morgan fingerprint density at radius 3 is 2.60 bits per heavy atom. The van der Waals surface area contributed by atoms with Crippen LogP contribution >= 0.6 is 0 Å². The molecule has 3 atom stereocenters. The van der Waals surface area contributed by atoms with E-state index in [4.69, 9.17) is 0 Å². The molecule has 0 aromatic heterocycles. The van der Waals surface area contributed by atoms with Crippen molar-refractivity contribution in [3.05, 3.63) is 35.9 Å². The number of hydrogen-bond acceptors (Lipinski definition) is 3. The number of hydrogen-bond donors (Lipinski definition) is 1. The van der Waals surface area contributed by atoms with E-state index in [1.165, 1.54) is 0 Å². The van der Waals surface area contributed by atoms with Crippen LogP contribution in [0.3, 0.4) is 0 Å². The summed E-state index contributed by atoms with van der Waals surface area (Å²) in [6, 6.07) is 9.50.